The zero-order valence-corrected chi connectivity index (χ0v) is 17.9. The molecule has 1 aromatic carbocycles. The Balaban J connectivity index is 1.79. The molecule has 2 rings (SSSR count). The van der Waals surface area contributed by atoms with E-state index in [9.17, 15) is 18.0 Å². The smallest absolute Gasteiger partial charge is 0.241 e. The van der Waals surface area contributed by atoms with Crippen LogP contribution in [0.2, 0.25) is 0 Å². The van der Waals surface area contributed by atoms with Crippen LogP contribution in [0.25, 0.3) is 0 Å². The summed E-state index contributed by atoms with van der Waals surface area (Å²) >= 11 is 0. The standard InChI is InChI=1S/C20H31N3O4S/c1-13-8-9-17(10-15(13)3)28(26,27)22-12-19(24)21-11-20(25)23-18-7-5-6-14(2)16(18)4/h8-10,14,16,18,22H,5-7,11-12H2,1-4H3,(H,21,24)(H,23,25)/t14-,16+,18+/m1/s1. The molecular formula is C20H31N3O4S. The van der Waals surface area contributed by atoms with Crippen molar-refractivity contribution in [3.05, 3.63) is 29.3 Å². The lowest BCUT2D eigenvalue weighted by atomic mass is 9.78. The van der Waals surface area contributed by atoms with Crippen molar-refractivity contribution >= 4 is 21.8 Å². The van der Waals surface area contributed by atoms with Crippen molar-refractivity contribution in [3.63, 3.8) is 0 Å². The molecule has 0 aromatic heterocycles. The highest BCUT2D eigenvalue weighted by atomic mass is 32.2. The first-order valence-electron chi connectivity index (χ1n) is 9.73. The van der Waals surface area contributed by atoms with Crippen molar-refractivity contribution in [1.29, 1.82) is 0 Å². The number of rotatable bonds is 7. The van der Waals surface area contributed by atoms with Crippen LogP contribution in [0.15, 0.2) is 23.1 Å². The van der Waals surface area contributed by atoms with Gasteiger partial charge in [0.2, 0.25) is 21.8 Å². The number of aryl methyl sites for hydroxylation is 2. The molecule has 0 bridgehead atoms. The number of hydrogen-bond acceptors (Lipinski definition) is 4. The second-order valence-electron chi connectivity index (χ2n) is 7.79. The Morgan fingerprint density at radius 2 is 1.75 bits per heavy atom. The van der Waals surface area contributed by atoms with Crippen LogP contribution in [-0.4, -0.2) is 39.4 Å². The van der Waals surface area contributed by atoms with Crippen LogP contribution in [0.3, 0.4) is 0 Å². The summed E-state index contributed by atoms with van der Waals surface area (Å²) in [6, 6.07) is 4.91. The molecule has 1 saturated carbocycles. The fourth-order valence-corrected chi connectivity index (χ4v) is 4.48. The molecule has 156 valence electrons. The molecule has 3 N–H and O–H groups in total. The van der Waals surface area contributed by atoms with E-state index in [1.54, 1.807) is 12.1 Å². The average Bonchev–Trinajstić information content (AvgIpc) is 2.64. The monoisotopic (exact) mass is 409 g/mol. The molecule has 28 heavy (non-hydrogen) atoms. The van der Waals surface area contributed by atoms with Crippen LogP contribution >= 0.6 is 0 Å². The fourth-order valence-electron chi connectivity index (χ4n) is 3.41. The summed E-state index contributed by atoms with van der Waals surface area (Å²) in [5, 5.41) is 5.44. The minimum absolute atomic E-state index is 0.113. The van der Waals surface area contributed by atoms with Gasteiger partial charge >= 0.3 is 0 Å². The van der Waals surface area contributed by atoms with Crippen LogP contribution in [0.1, 0.15) is 44.2 Å². The third kappa shape index (κ3) is 6.04. The highest BCUT2D eigenvalue weighted by molar-refractivity contribution is 7.89. The number of nitrogens with one attached hydrogen (secondary N) is 3. The molecule has 1 aliphatic rings. The van der Waals surface area contributed by atoms with Gasteiger partial charge in [-0.15, -0.1) is 0 Å². The van der Waals surface area contributed by atoms with Crippen molar-refractivity contribution in [2.24, 2.45) is 11.8 Å². The van der Waals surface area contributed by atoms with Crippen LogP contribution in [0.4, 0.5) is 0 Å². The lowest BCUT2D eigenvalue weighted by molar-refractivity contribution is -0.126. The molecule has 0 aliphatic heterocycles. The number of hydrogen-bond donors (Lipinski definition) is 3. The molecule has 7 nitrogen and oxygen atoms in total. The lowest BCUT2D eigenvalue weighted by Crippen LogP contribution is -2.48. The summed E-state index contributed by atoms with van der Waals surface area (Å²) in [5.41, 5.74) is 1.85. The summed E-state index contributed by atoms with van der Waals surface area (Å²) < 4.78 is 26.9. The van der Waals surface area contributed by atoms with E-state index in [0.717, 1.165) is 24.0 Å². The van der Waals surface area contributed by atoms with Crippen molar-refractivity contribution < 1.29 is 18.0 Å². The van der Waals surface area contributed by atoms with E-state index in [-0.39, 0.29) is 23.4 Å². The summed E-state index contributed by atoms with van der Waals surface area (Å²) in [6.07, 6.45) is 3.20. The van der Waals surface area contributed by atoms with E-state index < -0.39 is 22.5 Å². The predicted octanol–water partition coefficient (Wildman–Crippen LogP) is 1.64. The highest BCUT2D eigenvalue weighted by Gasteiger charge is 2.28. The molecule has 1 aliphatic carbocycles. The molecule has 1 aromatic rings. The molecule has 0 radical (unpaired) electrons. The van der Waals surface area contributed by atoms with Crippen molar-refractivity contribution in [2.75, 3.05) is 13.1 Å². The zero-order chi connectivity index (χ0) is 20.9. The second kappa shape index (κ2) is 9.52. The van der Waals surface area contributed by atoms with Crippen LogP contribution in [0.5, 0.6) is 0 Å². The van der Waals surface area contributed by atoms with Crippen molar-refractivity contribution in [1.82, 2.24) is 15.4 Å². The Morgan fingerprint density at radius 3 is 2.43 bits per heavy atom. The Hall–Kier alpha value is -1.93. The van der Waals surface area contributed by atoms with E-state index >= 15 is 0 Å². The molecule has 1 fully saturated rings. The second-order valence-corrected chi connectivity index (χ2v) is 9.56. The molecule has 0 unspecified atom stereocenters. The van der Waals surface area contributed by atoms with E-state index in [2.05, 4.69) is 29.2 Å². The van der Waals surface area contributed by atoms with Gasteiger partial charge in [-0.3, -0.25) is 9.59 Å². The van der Waals surface area contributed by atoms with Gasteiger partial charge in [0.05, 0.1) is 18.0 Å². The van der Waals surface area contributed by atoms with Gasteiger partial charge in [0.15, 0.2) is 0 Å². The first-order valence-corrected chi connectivity index (χ1v) is 11.2. The quantitative estimate of drug-likeness (QED) is 0.637. The third-order valence-corrected chi connectivity index (χ3v) is 7.11. The highest BCUT2D eigenvalue weighted by Crippen LogP contribution is 2.29. The fraction of sp³-hybridized carbons (Fsp3) is 0.600. The Bertz CT molecular complexity index is 823. The van der Waals surface area contributed by atoms with Gasteiger partial charge in [0.25, 0.3) is 0 Å². The van der Waals surface area contributed by atoms with E-state index in [4.69, 9.17) is 0 Å². The Kier molecular flexibility index (Phi) is 7.60. The van der Waals surface area contributed by atoms with Gasteiger partial charge < -0.3 is 10.6 Å². The minimum atomic E-state index is -3.78. The summed E-state index contributed by atoms with van der Waals surface area (Å²) in [7, 11) is -3.78. The van der Waals surface area contributed by atoms with E-state index in [1.165, 1.54) is 12.5 Å². The van der Waals surface area contributed by atoms with Gasteiger partial charge in [0, 0.05) is 6.04 Å². The van der Waals surface area contributed by atoms with Gasteiger partial charge in [-0.2, -0.15) is 0 Å². The maximum Gasteiger partial charge on any atom is 0.241 e. The maximum atomic E-state index is 12.3. The van der Waals surface area contributed by atoms with Crippen LogP contribution < -0.4 is 15.4 Å². The molecule has 8 heteroatoms. The third-order valence-electron chi connectivity index (χ3n) is 5.71. The molecular weight excluding hydrogens is 378 g/mol. The van der Waals surface area contributed by atoms with E-state index in [0.29, 0.717) is 11.8 Å². The molecule has 0 saturated heterocycles. The minimum Gasteiger partial charge on any atom is -0.352 e. The summed E-state index contributed by atoms with van der Waals surface area (Å²) in [4.78, 5) is 24.1. The molecule has 0 spiro atoms. The lowest BCUT2D eigenvalue weighted by Gasteiger charge is -2.34. The Morgan fingerprint density at radius 1 is 1.04 bits per heavy atom. The normalized spacial score (nSPS) is 22.5. The molecule has 0 heterocycles. The average molecular weight is 410 g/mol. The van der Waals surface area contributed by atoms with Crippen molar-refractivity contribution in [3.8, 4) is 0 Å². The molecule has 3 atom stereocenters. The number of carbonyl (C=O) groups excluding carboxylic acids is 2. The predicted molar refractivity (Wildman–Crippen MR) is 108 cm³/mol. The van der Waals surface area contributed by atoms with Gasteiger partial charge in [0.1, 0.15) is 0 Å². The SMILES string of the molecule is Cc1ccc(S(=O)(=O)NCC(=O)NCC(=O)N[C@H]2CCC[C@@H](C)[C@@H]2C)cc1C. The van der Waals surface area contributed by atoms with Crippen LogP contribution in [-0.2, 0) is 19.6 Å². The van der Waals surface area contributed by atoms with Crippen molar-refractivity contribution in [2.45, 2.75) is 57.9 Å². The van der Waals surface area contributed by atoms with Gasteiger partial charge in [-0.25, -0.2) is 13.1 Å². The summed E-state index contributed by atoms with van der Waals surface area (Å²) in [5.74, 6) is 0.163. The summed E-state index contributed by atoms with van der Waals surface area (Å²) in [6.45, 7) is 7.46. The number of sulfonamides is 1. The van der Waals surface area contributed by atoms with Crippen LogP contribution in [0, 0.1) is 25.7 Å². The topological polar surface area (TPSA) is 104 Å². The molecule has 2 amide bonds. The van der Waals surface area contributed by atoms with E-state index in [1.807, 2.05) is 13.8 Å². The maximum absolute atomic E-state index is 12.3. The number of carbonyl (C=O) groups is 2. The first-order chi connectivity index (χ1) is 13.1. The first kappa shape index (κ1) is 22.4. The number of benzene rings is 1. The largest absolute Gasteiger partial charge is 0.352 e. The van der Waals surface area contributed by atoms with Gasteiger partial charge in [-0.1, -0.05) is 32.8 Å². The Labute approximate surface area is 167 Å². The zero-order valence-electron chi connectivity index (χ0n) is 17.0. The number of amides is 2. The van der Waals surface area contributed by atoms with Gasteiger partial charge in [-0.05, 0) is 55.4 Å².